The van der Waals surface area contributed by atoms with Crippen molar-refractivity contribution in [1.29, 1.82) is 0 Å². The first kappa shape index (κ1) is 16.5. The van der Waals surface area contributed by atoms with E-state index >= 15 is 0 Å². The summed E-state index contributed by atoms with van der Waals surface area (Å²) in [5, 5.41) is 3.62. The molecule has 2 aliphatic rings. The van der Waals surface area contributed by atoms with Gasteiger partial charge in [0.25, 0.3) is 0 Å². The second kappa shape index (κ2) is 6.77. The number of ether oxygens (including phenoxy) is 4. The molecule has 25 heavy (non-hydrogen) atoms. The van der Waals surface area contributed by atoms with Crippen molar-refractivity contribution in [2.24, 2.45) is 0 Å². The Balaban J connectivity index is 1.67. The van der Waals surface area contributed by atoms with Gasteiger partial charge in [-0.2, -0.15) is 0 Å². The number of rotatable bonds is 4. The Morgan fingerprint density at radius 2 is 1.80 bits per heavy atom. The molecule has 2 heterocycles. The van der Waals surface area contributed by atoms with E-state index in [1.165, 1.54) is 16.7 Å². The summed E-state index contributed by atoms with van der Waals surface area (Å²) >= 11 is 3.66. The third-order valence-corrected chi connectivity index (χ3v) is 5.51. The van der Waals surface area contributed by atoms with Crippen LogP contribution in [-0.2, 0) is 12.8 Å². The van der Waals surface area contributed by atoms with E-state index in [-0.39, 0.29) is 6.04 Å². The van der Waals surface area contributed by atoms with E-state index in [0.717, 1.165) is 46.9 Å². The van der Waals surface area contributed by atoms with Gasteiger partial charge in [0.15, 0.2) is 23.0 Å². The molecular weight excluding hydrogens is 386 g/mol. The zero-order chi connectivity index (χ0) is 17.4. The minimum atomic E-state index is 0.215. The van der Waals surface area contributed by atoms with Gasteiger partial charge in [0.1, 0.15) is 0 Å². The van der Waals surface area contributed by atoms with Gasteiger partial charge in [-0.05, 0) is 60.3 Å². The van der Waals surface area contributed by atoms with Gasteiger partial charge in [-0.25, -0.2) is 0 Å². The summed E-state index contributed by atoms with van der Waals surface area (Å²) < 4.78 is 22.9. The second-order valence-corrected chi connectivity index (χ2v) is 7.02. The number of benzene rings is 2. The third-order valence-electron chi connectivity index (χ3n) is 4.77. The molecule has 0 saturated carbocycles. The van der Waals surface area contributed by atoms with Crippen molar-refractivity contribution in [3.63, 3.8) is 0 Å². The summed E-state index contributed by atoms with van der Waals surface area (Å²) in [6.45, 7) is 1.25. The van der Waals surface area contributed by atoms with Gasteiger partial charge < -0.3 is 24.3 Å². The van der Waals surface area contributed by atoms with Gasteiger partial charge in [0.2, 0.25) is 6.79 Å². The Kier molecular flexibility index (Phi) is 4.48. The van der Waals surface area contributed by atoms with E-state index in [1.807, 2.05) is 12.1 Å². The molecule has 0 saturated heterocycles. The largest absolute Gasteiger partial charge is 0.493 e. The van der Waals surface area contributed by atoms with Crippen LogP contribution in [0.25, 0.3) is 0 Å². The van der Waals surface area contributed by atoms with Gasteiger partial charge in [0.05, 0.1) is 14.2 Å². The summed E-state index contributed by atoms with van der Waals surface area (Å²) in [6.07, 6.45) is 1.84. The smallest absolute Gasteiger partial charge is 0.231 e. The zero-order valence-corrected chi connectivity index (χ0v) is 15.8. The van der Waals surface area contributed by atoms with Gasteiger partial charge in [-0.3, -0.25) is 0 Å². The lowest BCUT2D eigenvalue weighted by atomic mass is 9.90. The number of fused-ring (bicyclic) bond motifs is 2. The molecule has 0 spiro atoms. The maximum Gasteiger partial charge on any atom is 0.231 e. The number of methoxy groups -OCH3 is 2. The van der Waals surface area contributed by atoms with Crippen molar-refractivity contribution in [3.05, 3.63) is 45.4 Å². The average Bonchev–Trinajstić information content (AvgIpc) is 3.08. The van der Waals surface area contributed by atoms with Crippen LogP contribution in [0.5, 0.6) is 23.0 Å². The van der Waals surface area contributed by atoms with Crippen LogP contribution >= 0.6 is 15.9 Å². The van der Waals surface area contributed by atoms with Crippen molar-refractivity contribution in [2.45, 2.75) is 18.9 Å². The van der Waals surface area contributed by atoms with Gasteiger partial charge >= 0.3 is 0 Å². The Morgan fingerprint density at radius 1 is 1.08 bits per heavy atom. The fraction of sp³-hybridized carbons (Fsp3) is 0.368. The maximum absolute atomic E-state index is 5.56. The highest BCUT2D eigenvalue weighted by Gasteiger charge is 2.26. The van der Waals surface area contributed by atoms with Crippen LogP contribution in [0.2, 0.25) is 0 Å². The minimum Gasteiger partial charge on any atom is -0.493 e. The minimum absolute atomic E-state index is 0.215. The summed E-state index contributed by atoms with van der Waals surface area (Å²) in [6, 6.07) is 8.44. The Bertz CT molecular complexity index is 808. The van der Waals surface area contributed by atoms with Crippen LogP contribution in [-0.4, -0.2) is 27.6 Å². The number of halogens is 1. The van der Waals surface area contributed by atoms with Crippen LogP contribution in [0.4, 0.5) is 0 Å². The highest BCUT2D eigenvalue weighted by Crippen LogP contribution is 2.40. The Hall–Kier alpha value is -1.92. The number of hydrogen-bond acceptors (Lipinski definition) is 5. The molecule has 2 aliphatic heterocycles. The monoisotopic (exact) mass is 405 g/mol. The zero-order valence-electron chi connectivity index (χ0n) is 14.2. The molecule has 132 valence electrons. The molecule has 5 nitrogen and oxygen atoms in total. The first-order valence-corrected chi connectivity index (χ1v) is 9.05. The molecule has 0 aliphatic carbocycles. The third kappa shape index (κ3) is 3.04. The second-order valence-electron chi connectivity index (χ2n) is 6.16. The molecule has 0 bridgehead atoms. The van der Waals surface area contributed by atoms with E-state index in [9.17, 15) is 0 Å². The molecule has 0 amide bonds. The van der Waals surface area contributed by atoms with Crippen LogP contribution in [0.15, 0.2) is 28.7 Å². The van der Waals surface area contributed by atoms with Gasteiger partial charge in [0, 0.05) is 10.5 Å². The predicted octanol–water partition coefficient (Wildman–Crippen LogP) is 3.62. The average molecular weight is 406 g/mol. The maximum atomic E-state index is 5.56. The highest BCUT2D eigenvalue weighted by atomic mass is 79.9. The van der Waals surface area contributed by atoms with E-state index < -0.39 is 0 Å². The summed E-state index contributed by atoms with van der Waals surface area (Å²) in [5.74, 6) is 3.14. The molecule has 0 aromatic heterocycles. The molecule has 0 radical (unpaired) electrons. The molecule has 0 unspecified atom stereocenters. The van der Waals surface area contributed by atoms with Gasteiger partial charge in [-0.15, -0.1) is 0 Å². The molecule has 6 heteroatoms. The van der Waals surface area contributed by atoms with Crippen molar-refractivity contribution >= 4 is 15.9 Å². The molecule has 0 fully saturated rings. The quantitative estimate of drug-likeness (QED) is 0.841. The topological polar surface area (TPSA) is 49.0 Å². The number of nitrogens with one attached hydrogen (secondary N) is 1. The summed E-state index contributed by atoms with van der Waals surface area (Å²) in [7, 11) is 3.30. The number of hydrogen-bond donors (Lipinski definition) is 1. The lowest BCUT2D eigenvalue weighted by Crippen LogP contribution is -2.31. The molecule has 2 aromatic rings. The lowest BCUT2D eigenvalue weighted by Gasteiger charge is -2.28. The predicted molar refractivity (Wildman–Crippen MR) is 98.0 cm³/mol. The van der Waals surface area contributed by atoms with Crippen LogP contribution in [0.1, 0.15) is 22.7 Å². The fourth-order valence-electron chi connectivity index (χ4n) is 3.49. The summed E-state index contributed by atoms with van der Waals surface area (Å²) in [5.41, 5.74) is 3.77. The lowest BCUT2D eigenvalue weighted by molar-refractivity contribution is 0.174. The highest BCUT2D eigenvalue weighted by molar-refractivity contribution is 9.10. The Labute approximate surface area is 155 Å². The van der Waals surface area contributed by atoms with E-state index in [0.29, 0.717) is 6.79 Å². The van der Waals surface area contributed by atoms with Crippen molar-refractivity contribution in [2.75, 3.05) is 27.6 Å². The SMILES string of the molecule is COc1cc(Br)c(C[C@@H]2NCCc3cc4c(cc32)OCO4)cc1OC. The van der Waals surface area contributed by atoms with E-state index in [4.69, 9.17) is 18.9 Å². The van der Waals surface area contributed by atoms with Crippen LogP contribution in [0.3, 0.4) is 0 Å². The first-order chi connectivity index (χ1) is 12.2. The molecule has 2 aromatic carbocycles. The Morgan fingerprint density at radius 3 is 2.56 bits per heavy atom. The molecule has 1 atom stereocenters. The molecule has 4 rings (SSSR count). The molecular formula is C19H20BrNO4. The van der Waals surface area contributed by atoms with Crippen molar-refractivity contribution < 1.29 is 18.9 Å². The first-order valence-electron chi connectivity index (χ1n) is 8.25. The van der Waals surface area contributed by atoms with Crippen LogP contribution < -0.4 is 24.3 Å². The van der Waals surface area contributed by atoms with Crippen molar-refractivity contribution in [1.82, 2.24) is 5.32 Å². The molecule has 1 N–H and O–H groups in total. The van der Waals surface area contributed by atoms with Crippen molar-refractivity contribution in [3.8, 4) is 23.0 Å². The fourth-order valence-corrected chi connectivity index (χ4v) is 3.97. The van der Waals surface area contributed by atoms with Crippen LogP contribution in [0, 0.1) is 0 Å². The normalized spacial score (nSPS) is 18.0. The van der Waals surface area contributed by atoms with Gasteiger partial charge in [-0.1, -0.05) is 15.9 Å². The van der Waals surface area contributed by atoms with E-state index in [2.05, 4.69) is 33.4 Å². The standard InChI is InChI=1S/C19H20BrNO4/c1-22-16-7-12(14(20)9-17(16)23-2)5-15-13-8-19-18(24-10-25-19)6-11(13)3-4-21-15/h6-9,15,21H,3-5,10H2,1-2H3/t15-/m0/s1. The van der Waals surface area contributed by atoms with E-state index in [1.54, 1.807) is 14.2 Å². The summed E-state index contributed by atoms with van der Waals surface area (Å²) in [4.78, 5) is 0.